The van der Waals surface area contributed by atoms with E-state index in [-0.39, 0.29) is 5.97 Å². The molecule has 0 amide bonds. The predicted octanol–water partition coefficient (Wildman–Crippen LogP) is 4.81. The van der Waals surface area contributed by atoms with Gasteiger partial charge in [-0.05, 0) is 38.0 Å². The zero-order valence-corrected chi connectivity index (χ0v) is 13.9. The number of benzene rings is 1. The van der Waals surface area contributed by atoms with Gasteiger partial charge in [0.05, 0.1) is 12.2 Å². The second-order valence-corrected chi connectivity index (χ2v) is 6.28. The van der Waals surface area contributed by atoms with Crippen molar-refractivity contribution < 1.29 is 9.53 Å². The van der Waals surface area contributed by atoms with Crippen LogP contribution in [0.2, 0.25) is 5.02 Å². The van der Waals surface area contributed by atoms with E-state index >= 15 is 0 Å². The van der Waals surface area contributed by atoms with Gasteiger partial charge in [0.15, 0.2) is 0 Å². The predicted molar refractivity (Wildman–Crippen MR) is 88.5 cm³/mol. The molecule has 3 nitrogen and oxygen atoms in total. The number of rotatable bonds is 5. The van der Waals surface area contributed by atoms with Crippen LogP contribution in [0.3, 0.4) is 0 Å². The first kappa shape index (κ1) is 15.9. The number of hydrogen-bond donors (Lipinski definition) is 1. The van der Waals surface area contributed by atoms with Crippen LogP contribution in [0, 0.1) is 13.8 Å². The summed E-state index contributed by atoms with van der Waals surface area (Å²) in [6, 6.07) is 7.66. The standard InChI is InChI=1S/C16H18ClNO2S/c1-4-20-16(19)14-10(2)11(3)21-15(14)18-9-12-7-5-6-8-13(12)17/h5-8,18H,4,9H2,1-3H3. The Kier molecular flexibility index (Phi) is 5.26. The third-order valence-electron chi connectivity index (χ3n) is 3.26. The van der Waals surface area contributed by atoms with E-state index in [1.807, 2.05) is 45.0 Å². The van der Waals surface area contributed by atoms with Crippen molar-refractivity contribution in [2.24, 2.45) is 0 Å². The first-order chi connectivity index (χ1) is 10.0. The highest BCUT2D eigenvalue weighted by Crippen LogP contribution is 2.33. The van der Waals surface area contributed by atoms with Gasteiger partial charge < -0.3 is 10.1 Å². The van der Waals surface area contributed by atoms with Gasteiger partial charge in [0.1, 0.15) is 5.00 Å². The van der Waals surface area contributed by atoms with Crippen LogP contribution in [0.15, 0.2) is 24.3 Å². The molecular weight excluding hydrogens is 306 g/mol. The maximum Gasteiger partial charge on any atom is 0.341 e. The molecule has 1 heterocycles. The average molecular weight is 324 g/mol. The average Bonchev–Trinajstić information content (AvgIpc) is 2.73. The van der Waals surface area contributed by atoms with Crippen molar-refractivity contribution >= 4 is 33.9 Å². The molecule has 1 aromatic heterocycles. The summed E-state index contributed by atoms with van der Waals surface area (Å²) in [5, 5.41) is 4.86. The van der Waals surface area contributed by atoms with Crippen LogP contribution < -0.4 is 5.32 Å². The zero-order chi connectivity index (χ0) is 15.4. The van der Waals surface area contributed by atoms with Gasteiger partial charge in [0.2, 0.25) is 0 Å². The largest absolute Gasteiger partial charge is 0.462 e. The first-order valence-electron chi connectivity index (χ1n) is 6.79. The molecule has 112 valence electrons. The lowest BCUT2D eigenvalue weighted by Crippen LogP contribution is -2.09. The van der Waals surface area contributed by atoms with Crippen molar-refractivity contribution in [1.82, 2.24) is 0 Å². The lowest BCUT2D eigenvalue weighted by atomic mass is 10.1. The van der Waals surface area contributed by atoms with Crippen molar-refractivity contribution in [2.45, 2.75) is 27.3 Å². The SMILES string of the molecule is CCOC(=O)c1c(NCc2ccccc2Cl)sc(C)c1C. The summed E-state index contributed by atoms with van der Waals surface area (Å²) in [4.78, 5) is 13.2. The molecule has 1 N–H and O–H groups in total. The van der Waals surface area contributed by atoms with E-state index in [2.05, 4.69) is 5.32 Å². The zero-order valence-electron chi connectivity index (χ0n) is 12.3. The van der Waals surface area contributed by atoms with Crippen molar-refractivity contribution in [1.29, 1.82) is 0 Å². The highest BCUT2D eigenvalue weighted by Gasteiger charge is 2.20. The Morgan fingerprint density at radius 1 is 1.33 bits per heavy atom. The molecule has 0 saturated heterocycles. The summed E-state index contributed by atoms with van der Waals surface area (Å²) in [5.74, 6) is -0.277. The Morgan fingerprint density at radius 3 is 2.71 bits per heavy atom. The fraction of sp³-hybridized carbons (Fsp3) is 0.312. The molecule has 0 atom stereocenters. The van der Waals surface area contributed by atoms with E-state index in [4.69, 9.17) is 16.3 Å². The van der Waals surface area contributed by atoms with E-state index in [1.165, 1.54) is 0 Å². The van der Waals surface area contributed by atoms with E-state index in [0.29, 0.717) is 23.7 Å². The highest BCUT2D eigenvalue weighted by molar-refractivity contribution is 7.16. The quantitative estimate of drug-likeness (QED) is 0.803. The number of hydrogen-bond acceptors (Lipinski definition) is 4. The van der Waals surface area contributed by atoms with Gasteiger partial charge in [-0.1, -0.05) is 29.8 Å². The molecule has 0 saturated carbocycles. The molecule has 0 bridgehead atoms. The molecule has 0 spiro atoms. The lowest BCUT2D eigenvalue weighted by Gasteiger charge is -2.09. The van der Waals surface area contributed by atoms with E-state index in [9.17, 15) is 4.79 Å². The van der Waals surface area contributed by atoms with Gasteiger partial charge in [-0.2, -0.15) is 0 Å². The third kappa shape index (κ3) is 3.57. The molecule has 0 radical (unpaired) electrons. The van der Waals surface area contributed by atoms with Gasteiger partial charge in [-0.3, -0.25) is 0 Å². The summed E-state index contributed by atoms with van der Waals surface area (Å²) in [5.41, 5.74) is 2.60. The molecule has 2 rings (SSSR count). The van der Waals surface area contributed by atoms with E-state index in [0.717, 1.165) is 21.0 Å². The normalized spacial score (nSPS) is 10.5. The van der Waals surface area contributed by atoms with Crippen molar-refractivity contribution in [3.05, 3.63) is 50.9 Å². The fourth-order valence-corrected chi connectivity index (χ4v) is 3.26. The van der Waals surface area contributed by atoms with Crippen LogP contribution in [-0.4, -0.2) is 12.6 Å². The summed E-state index contributed by atoms with van der Waals surface area (Å²) in [6.07, 6.45) is 0. The molecule has 0 aliphatic rings. The number of esters is 1. The summed E-state index contributed by atoms with van der Waals surface area (Å²) in [7, 11) is 0. The van der Waals surface area contributed by atoms with Crippen LogP contribution in [0.1, 0.15) is 33.3 Å². The minimum Gasteiger partial charge on any atom is -0.462 e. The lowest BCUT2D eigenvalue weighted by molar-refractivity contribution is 0.0527. The second-order valence-electron chi connectivity index (χ2n) is 4.65. The molecule has 0 fully saturated rings. The fourth-order valence-electron chi connectivity index (χ4n) is 2.02. The molecule has 1 aromatic carbocycles. The smallest absolute Gasteiger partial charge is 0.341 e. The van der Waals surface area contributed by atoms with E-state index < -0.39 is 0 Å². The Morgan fingerprint density at radius 2 is 2.05 bits per heavy atom. The maximum absolute atomic E-state index is 12.1. The van der Waals surface area contributed by atoms with Crippen molar-refractivity contribution in [2.75, 3.05) is 11.9 Å². The Balaban J connectivity index is 2.22. The maximum atomic E-state index is 12.1. The number of carbonyl (C=O) groups excluding carboxylic acids is 1. The van der Waals surface area contributed by atoms with Crippen LogP contribution >= 0.6 is 22.9 Å². The highest BCUT2D eigenvalue weighted by atomic mass is 35.5. The van der Waals surface area contributed by atoms with Crippen LogP contribution in [0.5, 0.6) is 0 Å². The van der Waals surface area contributed by atoms with Crippen LogP contribution in [-0.2, 0) is 11.3 Å². The molecule has 5 heteroatoms. The summed E-state index contributed by atoms with van der Waals surface area (Å²) in [6.45, 7) is 6.70. The number of thiophene rings is 1. The number of ether oxygens (including phenoxy) is 1. The first-order valence-corrected chi connectivity index (χ1v) is 7.98. The minimum atomic E-state index is -0.277. The van der Waals surface area contributed by atoms with Crippen molar-refractivity contribution in [3.63, 3.8) is 0 Å². The Bertz CT molecular complexity index is 652. The molecule has 0 unspecified atom stereocenters. The molecule has 0 aliphatic carbocycles. The van der Waals surface area contributed by atoms with Crippen molar-refractivity contribution in [3.8, 4) is 0 Å². The van der Waals surface area contributed by atoms with Gasteiger partial charge in [-0.25, -0.2) is 4.79 Å². The summed E-state index contributed by atoms with van der Waals surface area (Å²) >= 11 is 7.72. The van der Waals surface area contributed by atoms with Crippen LogP contribution in [0.4, 0.5) is 5.00 Å². The number of nitrogens with one attached hydrogen (secondary N) is 1. The molecular formula is C16H18ClNO2S. The minimum absolute atomic E-state index is 0.277. The molecule has 21 heavy (non-hydrogen) atoms. The number of anilines is 1. The van der Waals surface area contributed by atoms with Gasteiger partial charge in [-0.15, -0.1) is 11.3 Å². The Hall–Kier alpha value is -1.52. The topological polar surface area (TPSA) is 38.3 Å². The second kappa shape index (κ2) is 6.96. The molecule has 2 aromatic rings. The number of halogens is 1. The van der Waals surface area contributed by atoms with Crippen LogP contribution in [0.25, 0.3) is 0 Å². The van der Waals surface area contributed by atoms with E-state index in [1.54, 1.807) is 11.3 Å². The van der Waals surface area contributed by atoms with Gasteiger partial charge in [0, 0.05) is 16.4 Å². The summed E-state index contributed by atoms with van der Waals surface area (Å²) < 4.78 is 5.14. The number of aryl methyl sites for hydroxylation is 1. The third-order valence-corrected chi connectivity index (χ3v) is 4.80. The molecule has 0 aliphatic heterocycles. The van der Waals surface area contributed by atoms with Gasteiger partial charge in [0.25, 0.3) is 0 Å². The Labute approximate surface area is 133 Å². The number of carbonyl (C=O) groups is 1. The van der Waals surface area contributed by atoms with Gasteiger partial charge >= 0.3 is 5.97 Å². The monoisotopic (exact) mass is 323 g/mol.